The molecule has 1 aliphatic heterocycles. The summed E-state index contributed by atoms with van der Waals surface area (Å²) in [6.07, 6.45) is 4.24. The van der Waals surface area contributed by atoms with E-state index in [1.54, 1.807) is 0 Å². The Balaban J connectivity index is 2.52. The van der Waals surface area contributed by atoms with Gasteiger partial charge in [0.05, 0.1) is 0 Å². The van der Waals surface area contributed by atoms with Gasteiger partial charge in [0.1, 0.15) is 0 Å². The normalized spacial score (nSPS) is 28.5. The van der Waals surface area contributed by atoms with Crippen molar-refractivity contribution in [2.45, 2.75) is 52.5 Å². The second kappa shape index (κ2) is 3.78. The van der Waals surface area contributed by atoms with Crippen molar-refractivity contribution in [3.8, 4) is 0 Å². The summed E-state index contributed by atoms with van der Waals surface area (Å²) in [5.41, 5.74) is 0.374. The van der Waals surface area contributed by atoms with Gasteiger partial charge in [-0.25, -0.2) is 0 Å². The van der Waals surface area contributed by atoms with Crippen LogP contribution in [0.15, 0.2) is 0 Å². The zero-order chi connectivity index (χ0) is 9.19. The highest BCUT2D eigenvalue weighted by Gasteiger charge is 2.24. The van der Waals surface area contributed by atoms with Crippen LogP contribution < -0.4 is 0 Å². The molecule has 0 aromatic carbocycles. The summed E-state index contributed by atoms with van der Waals surface area (Å²) >= 11 is 0. The van der Waals surface area contributed by atoms with E-state index in [1.807, 2.05) is 0 Å². The topological polar surface area (TPSA) is 3.24 Å². The molecule has 1 heterocycles. The van der Waals surface area contributed by atoms with Crippen molar-refractivity contribution in [1.82, 2.24) is 4.90 Å². The van der Waals surface area contributed by atoms with Gasteiger partial charge in [-0.15, -0.1) is 0 Å². The Kier molecular flexibility index (Phi) is 3.16. The van der Waals surface area contributed by atoms with E-state index in [1.165, 1.54) is 32.4 Å². The quantitative estimate of drug-likeness (QED) is 0.539. The number of likely N-dealkylation sites (tertiary alicyclic amines) is 1. The molecule has 1 nitrogen and oxygen atoms in total. The van der Waals surface area contributed by atoms with E-state index in [0.29, 0.717) is 5.54 Å². The maximum atomic E-state index is 2.63. The molecule has 0 aromatic heterocycles. The third-order valence-electron chi connectivity index (χ3n) is 2.86. The van der Waals surface area contributed by atoms with Gasteiger partial charge in [-0.2, -0.15) is 0 Å². The van der Waals surface area contributed by atoms with Crippen LogP contribution in [-0.4, -0.2) is 23.5 Å². The summed E-state index contributed by atoms with van der Waals surface area (Å²) in [5, 5.41) is 0. The van der Waals surface area contributed by atoms with Crippen molar-refractivity contribution >= 4 is 0 Å². The fourth-order valence-corrected chi connectivity index (χ4v) is 1.96. The van der Waals surface area contributed by atoms with Gasteiger partial charge < -0.3 is 0 Å². The molecule has 0 spiro atoms. The van der Waals surface area contributed by atoms with Crippen LogP contribution in [0.3, 0.4) is 0 Å². The number of rotatable bonds is 0. The van der Waals surface area contributed by atoms with Crippen molar-refractivity contribution < 1.29 is 0 Å². The number of hydrogen-bond donors (Lipinski definition) is 0. The minimum absolute atomic E-state index is 0.374. The molecular formula is C11H23N. The number of nitrogens with zero attached hydrogens (tertiary/aromatic N) is 1. The molecular weight excluding hydrogens is 146 g/mol. The first-order valence-electron chi connectivity index (χ1n) is 5.25. The zero-order valence-corrected chi connectivity index (χ0v) is 9.06. The monoisotopic (exact) mass is 169 g/mol. The highest BCUT2D eigenvalue weighted by molar-refractivity contribution is 4.79. The molecule has 0 N–H and O–H groups in total. The maximum Gasteiger partial charge on any atom is 0.0125 e. The molecule has 1 saturated heterocycles. The van der Waals surface area contributed by atoms with E-state index >= 15 is 0 Å². The van der Waals surface area contributed by atoms with Crippen molar-refractivity contribution in [3.63, 3.8) is 0 Å². The van der Waals surface area contributed by atoms with E-state index in [2.05, 4.69) is 32.6 Å². The Hall–Kier alpha value is -0.0400. The van der Waals surface area contributed by atoms with Crippen LogP contribution in [0.1, 0.15) is 47.0 Å². The molecule has 1 rings (SSSR count). The molecule has 1 aliphatic rings. The average molecular weight is 169 g/mol. The van der Waals surface area contributed by atoms with Crippen LogP contribution in [0.5, 0.6) is 0 Å². The maximum absolute atomic E-state index is 2.63. The summed E-state index contributed by atoms with van der Waals surface area (Å²) < 4.78 is 0. The lowest BCUT2D eigenvalue weighted by Crippen LogP contribution is -2.43. The van der Waals surface area contributed by atoms with Crippen molar-refractivity contribution in [2.75, 3.05) is 13.1 Å². The fourth-order valence-electron chi connectivity index (χ4n) is 1.96. The van der Waals surface area contributed by atoms with E-state index < -0.39 is 0 Å². The van der Waals surface area contributed by atoms with Crippen LogP contribution in [-0.2, 0) is 0 Å². The Morgan fingerprint density at radius 3 is 2.42 bits per heavy atom. The Bertz CT molecular complexity index is 134. The van der Waals surface area contributed by atoms with Gasteiger partial charge in [0.25, 0.3) is 0 Å². The Morgan fingerprint density at radius 2 is 1.83 bits per heavy atom. The van der Waals surface area contributed by atoms with Gasteiger partial charge >= 0.3 is 0 Å². The Labute approximate surface area is 77.1 Å². The van der Waals surface area contributed by atoms with Gasteiger partial charge in [-0.05, 0) is 46.1 Å². The molecule has 12 heavy (non-hydrogen) atoms. The lowest BCUT2D eigenvalue weighted by molar-refractivity contribution is 0.127. The van der Waals surface area contributed by atoms with E-state index in [9.17, 15) is 0 Å². The molecule has 0 amide bonds. The van der Waals surface area contributed by atoms with Crippen LogP contribution in [0.2, 0.25) is 0 Å². The fraction of sp³-hybridized carbons (Fsp3) is 1.00. The average Bonchev–Trinajstić information content (AvgIpc) is 2.11. The molecule has 72 valence electrons. The molecule has 1 heteroatoms. The second-order valence-corrected chi connectivity index (χ2v) is 5.22. The summed E-state index contributed by atoms with van der Waals surface area (Å²) in [6.45, 7) is 11.9. The van der Waals surface area contributed by atoms with Crippen molar-refractivity contribution in [2.24, 2.45) is 5.92 Å². The highest BCUT2D eigenvalue weighted by Crippen LogP contribution is 2.22. The molecule has 0 saturated carbocycles. The van der Waals surface area contributed by atoms with Crippen LogP contribution in [0.25, 0.3) is 0 Å². The smallest absolute Gasteiger partial charge is 0.0125 e. The van der Waals surface area contributed by atoms with Crippen LogP contribution >= 0.6 is 0 Å². The summed E-state index contributed by atoms with van der Waals surface area (Å²) in [4.78, 5) is 2.63. The molecule has 1 fully saturated rings. The first kappa shape index (κ1) is 10.0. The van der Waals surface area contributed by atoms with Crippen molar-refractivity contribution in [1.29, 1.82) is 0 Å². The second-order valence-electron chi connectivity index (χ2n) is 5.22. The van der Waals surface area contributed by atoms with Gasteiger partial charge in [0.15, 0.2) is 0 Å². The third-order valence-corrected chi connectivity index (χ3v) is 2.86. The molecule has 0 bridgehead atoms. The minimum Gasteiger partial charge on any atom is -0.298 e. The van der Waals surface area contributed by atoms with E-state index in [4.69, 9.17) is 0 Å². The van der Waals surface area contributed by atoms with Crippen LogP contribution in [0.4, 0.5) is 0 Å². The van der Waals surface area contributed by atoms with Crippen molar-refractivity contribution in [3.05, 3.63) is 0 Å². The largest absolute Gasteiger partial charge is 0.298 e. The first-order chi connectivity index (χ1) is 5.50. The SMILES string of the molecule is C[C@H]1CCCCN(C(C)(C)C)C1. The molecule has 0 aromatic rings. The standard InChI is InChI=1S/C11H23N/c1-10-7-5-6-8-12(9-10)11(2,3)4/h10H,5-9H2,1-4H3/t10-/m0/s1. The summed E-state index contributed by atoms with van der Waals surface area (Å²) in [5.74, 6) is 0.895. The predicted molar refractivity (Wildman–Crippen MR) is 54.3 cm³/mol. The Morgan fingerprint density at radius 1 is 1.17 bits per heavy atom. The molecule has 0 radical (unpaired) electrons. The van der Waals surface area contributed by atoms with Crippen LogP contribution in [0, 0.1) is 5.92 Å². The lowest BCUT2D eigenvalue weighted by atomic mass is 10.0. The third kappa shape index (κ3) is 2.78. The zero-order valence-electron chi connectivity index (χ0n) is 9.06. The van der Waals surface area contributed by atoms with E-state index in [-0.39, 0.29) is 0 Å². The lowest BCUT2D eigenvalue weighted by Gasteiger charge is -2.35. The molecule has 1 atom stereocenters. The summed E-state index contributed by atoms with van der Waals surface area (Å²) in [6, 6.07) is 0. The molecule has 0 aliphatic carbocycles. The molecule has 0 unspecified atom stereocenters. The highest BCUT2D eigenvalue weighted by atomic mass is 15.2. The first-order valence-corrected chi connectivity index (χ1v) is 5.25. The summed E-state index contributed by atoms with van der Waals surface area (Å²) in [7, 11) is 0. The van der Waals surface area contributed by atoms with Gasteiger partial charge in [0, 0.05) is 12.1 Å². The van der Waals surface area contributed by atoms with E-state index in [0.717, 1.165) is 5.92 Å². The van der Waals surface area contributed by atoms with Gasteiger partial charge in [0.2, 0.25) is 0 Å². The van der Waals surface area contributed by atoms with Gasteiger partial charge in [-0.1, -0.05) is 13.3 Å². The minimum atomic E-state index is 0.374. The number of hydrogen-bond acceptors (Lipinski definition) is 1. The van der Waals surface area contributed by atoms with Gasteiger partial charge in [-0.3, -0.25) is 4.90 Å². The predicted octanol–water partition coefficient (Wildman–Crippen LogP) is 2.91.